The molecule has 0 aliphatic carbocycles. The molecule has 1 saturated heterocycles. The van der Waals surface area contributed by atoms with Crippen molar-refractivity contribution in [2.75, 3.05) is 53.5 Å². The fraction of sp³-hybridized carbons (Fsp3) is 0.765. The van der Waals surface area contributed by atoms with Crippen molar-refractivity contribution in [2.24, 2.45) is 10.9 Å². The molecular formula is C17H31N5OS. The molecule has 1 fully saturated rings. The number of guanidine groups is 1. The SMILES string of the molecule is CN=C(NCCc1ncc(C)s1)NCC1CCN(CCOC)CC1. The van der Waals surface area contributed by atoms with Crippen LogP contribution in [0, 0.1) is 12.8 Å². The monoisotopic (exact) mass is 353 g/mol. The van der Waals surface area contributed by atoms with E-state index >= 15 is 0 Å². The maximum Gasteiger partial charge on any atom is 0.190 e. The first-order valence-electron chi connectivity index (χ1n) is 8.78. The lowest BCUT2D eigenvalue weighted by Crippen LogP contribution is -2.43. The molecule has 0 saturated carbocycles. The van der Waals surface area contributed by atoms with Gasteiger partial charge in [0, 0.05) is 51.3 Å². The Labute approximate surface area is 149 Å². The maximum absolute atomic E-state index is 5.15. The van der Waals surface area contributed by atoms with Crippen LogP contribution in [0.5, 0.6) is 0 Å². The molecule has 1 aliphatic rings. The summed E-state index contributed by atoms with van der Waals surface area (Å²) in [5.74, 6) is 1.62. The number of aromatic nitrogens is 1. The Bertz CT molecular complexity index is 497. The fourth-order valence-electron chi connectivity index (χ4n) is 2.90. The molecule has 2 heterocycles. The van der Waals surface area contributed by atoms with E-state index in [0.29, 0.717) is 0 Å². The molecule has 136 valence electrons. The van der Waals surface area contributed by atoms with Gasteiger partial charge in [0.2, 0.25) is 0 Å². The summed E-state index contributed by atoms with van der Waals surface area (Å²) < 4.78 is 5.15. The van der Waals surface area contributed by atoms with Crippen LogP contribution in [0.25, 0.3) is 0 Å². The van der Waals surface area contributed by atoms with Crippen LogP contribution in [0.1, 0.15) is 22.7 Å². The fourth-order valence-corrected chi connectivity index (χ4v) is 3.69. The van der Waals surface area contributed by atoms with Crippen LogP contribution < -0.4 is 10.6 Å². The number of nitrogens with one attached hydrogen (secondary N) is 2. The zero-order valence-electron chi connectivity index (χ0n) is 15.2. The van der Waals surface area contributed by atoms with Gasteiger partial charge in [-0.25, -0.2) is 4.98 Å². The minimum atomic E-state index is 0.726. The Hall–Kier alpha value is -1.18. The van der Waals surface area contributed by atoms with Gasteiger partial charge in [0.25, 0.3) is 0 Å². The largest absolute Gasteiger partial charge is 0.383 e. The standard InChI is InChI=1S/C17H31N5OS/c1-14-12-20-16(24-14)4-7-19-17(18-2)21-13-15-5-8-22(9-6-15)10-11-23-3/h12,15H,4-11,13H2,1-3H3,(H2,18,19,21). The average Bonchev–Trinajstić information content (AvgIpc) is 3.02. The molecule has 0 spiro atoms. The second-order valence-corrected chi connectivity index (χ2v) is 7.59. The summed E-state index contributed by atoms with van der Waals surface area (Å²) >= 11 is 1.76. The Kier molecular flexibility index (Phi) is 8.49. The summed E-state index contributed by atoms with van der Waals surface area (Å²) in [6, 6.07) is 0. The number of ether oxygens (including phenoxy) is 1. The van der Waals surface area contributed by atoms with Crippen LogP contribution in [0.4, 0.5) is 0 Å². The first-order chi connectivity index (χ1) is 11.7. The van der Waals surface area contributed by atoms with Gasteiger partial charge in [-0.15, -0.1) is 11.3 Å². The van der Waals surface area contributed by atoms with E-state index in [1.165, 1.54) is 35.8 Å². The van der Waals surface area contributed by atoms with Crippen molar-refractivity contribution in [1.29, 1.82) is 0 Å². The number of aliphatic imine (C=N–C) groups is 1. The number of likely N-dealkylation sites (tertiary alicyclic amines) is 1. The lowest BCUT2D eigenvalue weighted by atomic mass is 9.97. The summed E-state index contributed by atoms with van der Waals surface area (Å²) in [7, 11) is 3.60. The van der Waals surface area contributed by atoms with Crippen molar-refractivity contribution < 1.29 is 4.74 Å². The number of rotatable bonds is 8. The van der Waals surface area contributed by atoms with Crippen LogP contribution in [-0.2, 0) is 11.2 Å². The van der Waals surface area contributed by atoms with Gasteiger partial charge < -0.3 is 20.3 Å². The van der Waals surface area contributed by atoms with Crippen LogP contribution in [0.3, 0.4) is 0 Å². The summed E-state index contributed by atoms with van der Waals surface area (Å²) in [6.07, 6.45) is 5.36. The van der Waals surface area contributed by atoms with Crippen molar-refractivity contribution in [3.05, 3.63) is 16.1 Å². The molecule has 1 aromatic rings. The zero-order valence-corrected chi connectivity index (χ0v) is 16.0. The van der Waals surface area contributed by atoms with Crippen LogP contribution >= 0.6 is 11.3 Å². The van der Waals surface area contributed by atoms with E-state index in [1.807, 2.05) is 13.2 Å². The lowest BCUT2D eigenvalue weighted by molar-refractivity contribution is 0.121. The van der Waals surface area contributed by atoms with Crippen molar-refractivity contribution in [1.82, 2.24) is 20.5 Å². The van der Waals surface area contributed by atoms with Crippen molar-refractivity contribution in [3.63, 3.8) is 0 Å². The van der Waals surface area contributed by atoms with Gasteiger partial charge in [-0.3, -0.25) is 4.99 Å². The average molecular weight is 354 g/mol. The van der Waals surface area contributed by atoms with Crippen molar-refractivity contribution in [3.8, 4) is 0 Å². The molecule has 0 amide bonds. The predicted octanol–water partition coefficient (Wildman–Crippen LogP) is 1.52. The quantitative estimate of drug-likeness (QED) is 0.548. The Morgan fingerprint density at radius 2 is 2.21 bits per heavy atom. The summed E-state index contributed by atoms with van der Waals surface area (Å²) in [4.78, 5) is 12.5. The predicted molar refractivity (Wildman–Crippen MR) is 101 cm³/mol. The molecule has 6 nitrogen and oxygen atoms in total. The summed E-state index contributed by atoms with van der Waals surface area (Å²) in [5, 5.41) is 8.03. The molecule has 7 heteroatoms. The van der Waals surface area contributed by atoms with Crippen LogP contribution in [0.2, 0.25) is 0 Å². The topological polar surface area (TPSA) is 61.8 Å². The van der Waals surface area contributed by atoms with Gasteiger partial charge in [0.15, 0.2) is 5.96 Å². The van der Waals surface area contributed by atoms with Crippen molar-refractivity contribution in [2.45, 2.75) is 26.2 Å². The highest BCUT2D eigenvalue weighted by Crippen LogP contribution is 2.16. The van der Waals surface area contributed by atoms with E-state index < -0.39 is 0 Å². The van der Waals surface area contributed by atoms with Crippen molar-refractivity contribution >= 4 is 17.3 Å². The first kappa shape index (κ1) is 19.1. The highest BCUT2D eigenvalue weighted by molar-refractivity contribution is 7.11. The third-order valence-corrected chi connectivity index (χ3v) is 5.37. The smallest absolute Gasteiger partial charge is 0.190 e. The van der Waals surface area contributed by atoms with Gasteiger partial charge in [-0.1, -0.05) is 0 Å². The molecule has 2 rings (SSSR count). The third-order valence-electron chi connectivity index (χ3n) is 4.40. The molecule has 0 bridgehead atoms. The van der Waals surface area contributed by atoms with Crippen LogP contribution in [0.15, 0.2) is 11.2 Å². The number of methoxy groups -OCH3 is 1. The van der Waals surface area contributed by atoms with E-state index in [0.717, 1.165) is 44.5 Å². The molecular weight excluding hydrogens is 322 g/mol. The third kappa shape index (κ3) is 6.75. The van der Waals surface area contributed by atoms with E-state index in [1.54, 1.807) is 18.4 Å². The number of thiazole rings is 1. The number of piperidine rings is 1. The summed E-state index contributed by atoms with van der Waals surface area (Å²) in [6.45, 7) is 8.18. The molecule has 0 atom stereocenters. The van der Waals surface area contributed by atoms with Gasteiger partial charge in [-0.2, -0.15) is 0 Å². The van der Waals surface area contributed by atoms with E-state index in [2.05, 4.69) is 32.4 Å². The van der Waals surface area contributed by atoms with Gasteiger partial charge >= 0.3 is 0 Å². The van der Waals surface area contributed by atoms with E-state index in [4.69, 9.17) is 4.74 Å². The van der Waals surface area contributed by atoms with E-state index in [-0.39, 0.29) is 0 Å². The Morgan fingerprint density at radius 1 is 1.42 bits per heavy atom. The van der Waals surface area contributed by atoms with Gasteiger partial charge in [0.05, 0.1) is 11.6 Å². The minimum Gasteiger partial charge on any atom is -0.383 e. The molecule has 1 aromatic heterocycles. The lowest BCUT2D eigenvalue weighted by Gasteiger charge is -2.32. The zero-order chi connectivity index (χ0) is 17.2. The second-order valence-electron chi connectivity index (χ2n) is 6.27. The Morgan fingerprint density at radius 3 is 2.83 bits per heavy atom. The van der Waals surface area contributed by atoms with Gasteiger partial charge in [-0.05, 0) is 38.8 Å². The molecule has 0 aromatic carbocycles. The second kappa shape index (κ2) is 10.6. The number of hydrogen-bond acceptors (Lipinski definition) is 5. The maximum atomic E-state index is 5.15. The highest BCUT2D eigenvalue weighted by Gasteiger charge is 2.18. The molecule has 2 N–H and O–H groups in total. The number of aryl methyl sites for hydroxylation is 1. The normalized spacial score (nSPS) is 17.2. The summed E-state index contributed by atoms with van der Waals surface area (Å²) in [5.41, 5.74) is 0. The number of hydrogen-bond donors (Lipinski definition) is 2. The molecule has 24 heavy (non-hydrogen) atoms. The highest BCUT2D eigenvalue weighted by atomic mass is 32.1. The molecule has 0 unspecified atom stereocenters. The van der Waals surface area contributed by atoms with E-state index in [9.17, 15) is 0 Å². The van der Waals surface area contributed by atoms with Crippen LogP contribution in [-0.4, -0.2) is 69.3 Å². The number of nitrogens with zero attached hydrogens (tertiary/aromatic N) is 3. The molecule has 0 radical (unpaired) electrons. The van der Waals surface area contributed by atoms with Gasteiger partial charge in [0.1, 0.15) is 0 Å². The molecule has 1 aliphatic heterocycles. The first-order valence-corrected chi connectivity index (χ1v) is 9.60. The Balaban J connectivity index is 1.60. The minimum absolute atomic E-state index is 0.726.